The maximum Gasteiger partial charge on any atom is 0.276 e. The molecule has 0 saturated carbocycles. The number of anilines is 2. The normalized spacial score (nSPS) is 10.7. The Labute approximate surface area is 143 Å². The summed E-state index contributed by atoms with van der Waals surface area (Å²) >= 11 is 0. The largest absolute Gasteiger partial charge is 0.318 e. The summed E-state index contributed by atoms with van der Waals surface area (Å²) in [7, 11) is 5.08. The lowest BCUT2D eigenvalue weighted by molar-refractivity contribution is 0.101. The van der Waals surface area contributed by atoms with E-state index in [1.54, 1.807) is 38.1 Å². The summed E-state index contributed by atoms with van der Waals surface area (Å²) in [6.07, 6.45) is 4.52. The molecule has 3 rings (SSSR count). The van der Waals surface area contributed by atoms with E-state index >= 15 is 0 Å². The van der Waals surface area contributed by atoms with Gasteiger partial charge in [0.15, 0.2) is 0 Å². The Morgan fingerprint density at radius 2 is 1.52 bits per heavy atom. The van der Waals surface area contributed by atoms with Crippen molar-refractivity contribution < 1.29 is 9.59 Å². The second kappa shape index (κ2) is 6.23. The van der Waals surface area contributed by atoms with Gasteiger partial charge in [0.2, 0.25) is 0 Å². The predicted octanol–water partition coefficient (Wildman–Crippen LogP) is 0.700. The van der Waals surface area contributed by atoms with E-state index in [0.29, 0.717) is 17.1 Å². The van der Waals surface area contributed by atoms with Crippen LogP contribution in [0.3, 0.4) is 0 Å². The number of carbonyl (C=O) groups is 2. The Morgan fingerprint density at radius 3 is 2.12 bits per heavy atom. The fourth-order valence-electron chi connectivity index (χ4n) is 2.38. The van der Waals surface area contributed by atoms with Crippen molar-refractivity contribution >= 4 is 23.2 Å². The zero-order chi connectivity index (χ0) is 18.1. The summed E-state index contributed by atoms with van der Waals surface area (Å²) in [5.74, 6) is -0.768. The summed E-state index contributed by atoms with van der Waals surface area (Å²) < 4.78 is 4.51. The molecule has 0 aromatic carbocycles. The first-order valence-corrected chi connectivity index (χ1v) is 7.49. The second-order valence-electron chi connectivity index (χ2n) is 5.55. The molecule has 0 saturated heterocycles. The number of nitrogens with one attached hydrogen (secondary N) is 2. The zero-order valence-electron chi connectivity index (χ0n) is 14.3. The highest BCUT2D eigenvalue weighted by atomic mass is 16.2. The van der Waals surface area contributed by atoms with Crippen LogP contribution in [0, 0.1) is 6.92 Å². The van der Waals surface area contributed by atoms with Gasteiger partial charge in [-0.3, -0.25) is 23.6 Å². The third-order valence-electron chi connectivity index (χ3n) is 3.94. The topological polar surface area (TPSA) is 112 Å². The van der Waals surface area contributed by atoms with Crippen LogP contribution in [0.2, 0.25) is 0 Å². The van der Waals surface area contributed by atoms with E-state index < -0.39 is 5.91 Å². The molecule has 0 bridgehead atoms. The van der Waals surface area contributed by atoms with E-state index in [4.69, 9.17) is 0 Å². The molecule has 0 spiro atoms. The Kier molecular flexibility index (Phi) is 4.09. The van der Waals surface area contributed by atoms with Crippen LogP contribution in [0.25, 0.3) is 0 Å². The number of carbonyl (C=O) groups excluding carboxylic acids is 2. The Hall–Kier alpha value is -3.43. The quantitative estimate of drug-likeness (QED) is 0.725. The first-order valence-electron chi connectivity index (χ1n) is 7.49. The van der Waals surface area contributed by atoms with Gasteiger partial charge in [-0.05, 0) is 13.0 Å². The minimum Gasteiger partial charge on any atom is -0.318 e. The van der Waals surface area contributed by atoms with Crippen LogP contribution in [-0.2, 0) is 21.1 Å². The van der Waals surface area contributed by atoms with Crippen molar-refractivity contribution in [2.24, 2.45) is 21.1 Å². The van der Waals surface area contributed by atoms with Crippen LogP contribution in [0.4, 0.5) is 11.4 Å². The Morgan fingerprint density at radius 1 is 0.880 bits per heavy atom. The number of amides is 2. The average molecular weight is 342 g/mol. The standard InChI is InChI=1S/C15H18N8O2/c1-9-10(7-17-21(9)2)19-15(25)13-11(8-18-23(13)4)20-14(24)12-5-6-16-22(12)3/h5-8H,1-4H3,(H,19,25)(H,20,24). The first-order chi connectivity index (χ1) is 11.9. The van der Waals surface area contributed by atoms with Crippen molar-refractivity contribution in [3.05, 3.63) is 41.7 Å². The van der Waals surface area contributed by atoms with E-state index in [1.165, 1.54) is 21.8 Å². The van der Waals surface area contributed by atoms with E-state index in [1.807, 2.05) is 6.92 Å². The highest BCUT2D eigenvalue weighted by molar-refractivity contribution is 6.11. The summed E-state index contributed by atoms with van der Waals surface area (Å²) in [4.78, 5) is 25.0. The maximum atomic E-state index is 12.6. The van der Waals surface area contributed by atoms with Gasteiger partial charge < -0.3 is 10.6 Å². The molecule has 0 radical (unpaired) electrons. The van der Waals surface area contributed by atoms with Crippen LogP contribution in [0.5, 0.6) is 0 Å². The van der Waals surface area contributed by atoms with Gasteiger partial charge in [0.1, 0.15) is 11.4 Å². The third-order valence-corrected chi connectivity index (χ3v) is 3.94. The van der Waals surface area contributed by atoms with Gasteiger partial charge in [-0.1, -0.05) is 0 Å². The minimum absolute atomic E-state index is 0.235. The monoisotopic (exact) mass is 342 g/mol. The van der Waals surface area contributed by atoms with Gasteiger partial charge in [0.05, 0.1) is 29.5 Å². The van der Waals surface area contributed by atoms with E-state index in [-0.39, 0.29) is 11.6 Å². The number of aryl methyl sites for hydroxylation is 3. The molecule has 2 N–H and O–H groups in total. The molecule has 3 aromatic rings. The van der Waals surface area contributed by atoms with Gasteiger partial charge in [-0.2, -0.15) is 15.3 Å². The fourth-order valence-corrected chi connectivity index (χ4v) is 2.38. The van der Waals surface area contributed by atoms with Crippen molar-refractivity contribution in [1.82, 2.24) is 29.3 Å². The molecule has 25 heavy (non-hydrogen) atoms. The van der Waals surface area contributed by atoms with Crippen molar-refractivity contribution in [1.29, 1.82) is 0 Å². The molecule has 2 amide bonds. The molecule has 0 atom stereocenters. The maximum absolute atomic E-state index is 12.6. The molecule has 0 aliphatic heterocycles. The number of hydrogen-bond donors (Lipinski definition) is 2. The smallest absolute Gasteiger partial charge is 0.276 e. The van der Waals surface area contributed by atoms with Crippen LogP contribution in [-0.4, -0.2) is 41.2 Å². The molecular weight excluding hydrogens is 324 g/mol. The van der Waals surface area contributed by atoms with Gasteiger partial charge in [0, 0.05) is 27.3 Å². The van der Waals surface area contributed by atoms with Crippen LogP contribution >= 0.6 is 0 Å². The summed E-state index contributed by atoms with van der Waals surface area (Å²) in [6.45, 7) is 1.84. The molecular formula is C15H18N8O2. The molecule has 0 unspecified atom stereocenters. The molecule has 0 fully saturated rings. The molecule has 10 nitrogen and oxygen atoms in total. The third kappa shape index (κ3) is 3.01. The lowest BCUT2D eigenvalue weighted by Crippen LogP contribution is -2.21. The van der Waals surface area contributed by atoms with Crippen LogP contribution < -0.4 is 10.6 Å². The summed E-state index contributed by atoms with van der Waals surface area (Å²) in [5, 5.41) is 17.6. The molecule has 10 heteroatoms. The number of nitrogens with zero attached hydrogens (tertiary/aromatic N) is 6. The number of hydrogen-bond acceptors (Lipinski definition) is 5. The molecule has 0 aliphatic carbocycles. The van der Waals surface area contributed by atoms with E-state index in [2.05, 4.69) is 25.9 Å². The molecule has 3 aromatic heterocycles. The summed E-state index contributed by atoms with van der Waals surface area (Å²) in [6, 6.07) is 1.59. The Balaban J connectivity index is 1.84. The van der Waals surface area contributed by atoms with Crippen molar-refractivity contribution in [2.45, 2.75) is 6.92 Å². The van der Waals surface area contributed by atoms with E-state index in [0.717, 1.165) is 5.69 Å². The second-order valence-corrected chi connectivity index (χ2v) is 5.55. The van der Waals surface area contributed by atoms with E-state index in [9.17, 15) is 9.59 Å². The minimum atomic E-state index is -0.392. The van der Waals surface area contributed by atoms with Crippen molar-refractivity contribution in [3.8, 4) is 0 Å². The molecule has 3 heterocycles. The van der Waals surface area contributed by atoms with Gasteiger partial charge in [-0.15, -0.1) is 0 Å². The van der Waals surface area contributed by atoms with Crippen LogP contribution in [0.1, 0.15) is 26.7 Å². The van der Waals surface area contributed by atoms with Gasteiger partial charge in [0.25, 0.3) is 11.8 Å². The molecule has 0 aliphatic rings. The lowest BCUT2D eigenvalue weighted by atomic mass is 10.3. The Bertz CT molecular complexity index is 949. The summed E-state index contributed by atoms with van der Waals surface area (Å²) in [5.41, 5.74) is 2.33. The number of rotatable bonds is 4. The highest BCUT2D eigenvalue weighted by Gasteiger charge is 2.21. The lowest BCUT2D eigenvalue weighted by Gasteiger charge is -2.09. The predicted molar refractivity (Wildman–Crippen MR) is 90.3 cm³/mol. The average Bonchev–Trinajstić information content (AvgIpc) is 3.23. The van der Waals surface area contributed by atoms with Crippen molar-refractivity contribution in [3.63, 3.8) is 0 Å². The van der Waals surface area contributed by atoms with Gasteiger partial charge in [-0.25, -0.2) is 0 Å². The SMILES string of the molecule is Cc1c(NC(=O)c2c(NC(=O)c3ccnn3C)cnn2C)cnn1C. The van der Waals surface area contributed by atoms with Gasteiger partial charge >= 0.3 is 0 Å². The zero-order valence-corrected chi connectivity index (χ0v) is 14.3. The fraction of sp³-hybridized carbons (Fsp3) is 0.267. The highest BCUT2D eigenvalue weighted by Crippen LogP contribution is 2.19. The van der Waals surface area contributed by atoms with Crippen molar-refractivity contribution in [2.75, 3.05) is 10.6 Å². The van der Waals surface area contributed by atoms with Crippen LogP contribution in [0.15, 0.2) is 24.7 Å². The molecule has 130 valence electrons. The number of aromatic nitrogens is 6. The first kappa shape index (κ1) is 16.4.